The predicted molar refractivity (Wildman–Crippen MR) is 72.6 cm³/mol. The maximum atomic E-state index is 11.4. The molecule has 5 heteroatoms. The van der Waals surface area contributed by atoms with Crippen LogP contribution < -0.4 is 9.47 Å². The molecule has 17 heavy (non-hydrogen) atoms. The Hall–Kier alpha value is -0.980. The largest absolute Gasteiger partial charge is 0.493 e. The normalized spacial score (nSPS) is 9.88. The van der Waals surface area contributed by atoms with Crippen molar-refractivity contribution in [3.8, 4) is 11.5 Å². The van der Waals surface area contributed by atoms with Crippen LogP contribution >= 0.6 is 22.6 Å². The maximum Gasteiger partial charge on any atom is 0.310 e. The maximum absolute atomic E-state index is 11.4. The van der Waals surface area contributed by atoms with Gasteiger partial charge in [-0.2, -0.15) is 0 Å². The van der Waals surface area contributed by atoms with E-state index in [-0.39, 0.29) is 12.4 Å². The van der Waals surface area contributed by atoms with E-state index in [2.05, 4.69) is 22.6 Å². The number of halogens is 1. The van der Waals surface area contributed by atoms with Gasteiger partial charge in [-0.25, -0.2) is 0 Å². The standard InChI is InChI=1S/C12H15IO4/c1-4-17-10(14)7-8-5-6-9(15-2)12(16-3)11(8)13/h5-6H,4,7H2,1-3H3. The summed E-state index contributed by atoms with van der Waals surface area (Å²) in [6.07, 6.45) is 0.243. The van der Waals surface area contributed by atoms with Gasteiger partial charge in [0.25, 0.3) is 0 Å². The molecule has 0 radical (unpaired) electrons. The number of carbonyl (C=O) groups excluding carboxylic acids is 1. The molecule has 1 rings (SSSR count). The van der Waals surface area contributed by atoms with Crippen LogP contribution in [-0.4, -0.2) is 26.8 Å². The Morgan fingerprint density at radius 3 is 2.53 bits per heavy atom. The zero-order valence-corrected chi connectivity index (χ0v) is 12.2. The molecule has 0 bridgehead atoms. The smallest absolute Gasteiger partial charge is 0.310 e. The summed E-state index contributed by atoms with van der Waals surface area (Å²) >= 11 is 2.14. The Kier molecular flexibility index (Phi) is 5.54. The minimum absolute atomic E-state index is 0.238. The number of esters is 1. The number of rotatable bonds is 5. The second kappa shape index (κ2) is 6.68. The van der Waals surface area contributed by atoms with Crippen molar-refractivity contribution in [2.24, 2.45) is 0 Å². The lowest BCUT2D eigenvalue weighted by Gasteiger charge is -2.12. The number of methoxy groups -OCH3 is 2. The monoisotopic (exact) mass is 350 g/mol. The first-order chi connectivity index (χ1) is 8.13. The Labute approximate surface area is 114 Å². The van der Waals surface area contributed by atoms with Crippen LogP contribution in [0.3, 0.4) is 0 Å². The molecule has 0 aromatic heterocycles. The fourth-order valence-electron chi connectivity index (χ4n) is 1.43. The molecule has 0 saturated heterocycles. The van der Waals surface area contributed by atoms with Crippen molar-refractivity contribution in [3.05, 3.63) is 21.3 Å². The summed E-state index contributed by atoms with van der Waals surface area (Å²) in [4.78, 5) is 11.4. The molecule has 0 fully saturated rings. The summed E-state index contributed by atoms with van der Waals surface area (Å²) in [5.41, 5.74) is 0.877. The molecule has 0 aliphatic heterocycles. The van der Waals surface area contributed by atoms with Crippen LogP contribution in [0.25, 0.3) is 0 Å². The van der Waals surface area contributed by atoms with Gasteiger partial charge in [0.05, 0.1) is 30.8 Å². The zero-order valence-electron chi connectivity index (χ0n) is 10.1. The van der Waals surface area contributed by atoms with E-state index in [1.165, 1.54) is 0 Å². The highest BCUT2D eigenvalue weighted by Gasteiger charge is 2.15. The summed E-state index contributed by atoms with van der Waals surface area (Å²) in [5.74, 6) is 1.07. The van der Waals surface area contributed by atoms with Crippen molar-refractivity contribution < 1.29 is 19.0 Å². The fourth-order valence-corrected chi connectivity index (χ4v) is 2.29. The lowest BCUT2D eigenvalue weighted by atomic mass is 10.1. The fraction of sp³-hybridized carbons (Fsp3) is 0.417. The molecule has 0 aliphatic carbocycles. The summed E-state index contributed by atoms with van der Waals surface area (Å²) in [6.45, 7) is 2.18. The van der Waals surface area contributed by atoms with E-state index in [4.69, 9.17) is 14.2 Å². The molecule has 94 valence electrons. The lowest BCUT2D eigenvalue weighted by molar-refractivity contribution is -0.142. The molecule has 0 spiro atoms. The molecule has 0 amide bonds. The van der Waals surface area contributed by atoms with E-state index in [0.717, 1.165) is 9.13 Å². The third kappa shape index (κ3) is 3.49. The molecule has 0 aliphatic rings. The van der Waals surface area contributed by atoms with Crippen LogP contribution in [0, 0.1) is 3.57 Å². The average molecular weight is 350 g/mol. The molecule has 0 unspecified atom stereocenters. The quantitative estimate of drug-likeness (QED) is 0.604. The van der Waals surface area contributed by atoms with Crippen molar-refractivity contribution in [3.63, 3.8) is 0 Å². The SMILES string of the molecule is CCOC(=O)Cc1ccc(OC)c(OC)c1I. The Morgan fingerprint density at radius 2 is 2.00 bits per heavy atom. The van der Waals surface area contributed by atoms with Crippen LogP contribution in [-0.2, 0) is 16.0 Å². The van der Waals surface area contributed by atoms with E-state index in [0.29, 0.717) is 18.1 Å². The molecule has 0 saturated carbocycles. The third-order valence-corrected chi connectivity index (χ3v) is 3.39. The van der Waals surface area contributed by atoms with E-state index >= 15 is 0 Å². The molecule has 4 nitrogen and oxygen atoms in total. The van der Waals surface area contributed by atoms with Crippen molar-refractivity contribution in [1.29, 1.82) is 0 Å². The summed E-state index contributed by atoms with van der Waals surface area (Å²) < 4.78 is 16.2. The van der Waals surface area contributed by atoms with Crippen molar-refractivity contribution in [2.45, 2.75) is 13.3 Å². The minimum Gasteiger partial charge on any atom is -0.493 e. The Bertz CT molecular complexity index is 404. The highest BCUT2D eigenvalue weighted by atomic mass is 127. The van der Waals surface area contributed by atoms with Crippen LogP contribution in [0.15, 0.2) is 12.1 Å². The molecule has 1 aromatic rings. The number of hydrogen-bond acceptors (Lipinski definition) is 4. The number of hydrogen-bond donors (Lipinski definition) is 0. The molecule has 0 atom stereocenters. The van der Waals surface area contributed by atoms with Gasteiger partial charge in [-0.3, -0.25) is 4.79 Å². The highest BCUT2D eigenvalue weighted by molar-refractivity contribution is 14.1. The van der Waals surface area contributed by atoms with Gasteiger partial charge in [-0.15, -0.1) is 0 Å². The average Bonchev–Trinajstić information content (AvgIpc) is 2.31. The summed E-state index contributed by atoms with van der Waals surface area (Å²) in [5, 5.41) is 0. The minimum atomic E-state index is -0.238. The summed E-state index contributed by atoms with van der Waals surface area (Å²) in [6, 6.07) is 3.63. The predicted octanol–water partition coefficient (Wildman–Crippen LogP) is 2.41. The molecule has 0 N–H and O–H groups in total. The van der Waals surface area contributed by atoms with Gasteiger partial charge in [0.1, 0.15) is 0 Å². The van der Waals surface area contributed by atoms with Crippen molar-refractivity contribution in [1.82, 2.24) is 0 Å². The Morgan fingerprint density at radius 1 is 1.29 bits per heavy atom. The van der Waals surface area contributed by atoms with E-state index < -0.39 is 0 Å². The van der Waals surface area contributed by atoms with E-state index in [1.807, 2.05) is 6.07 Å². The second-order valence-electron chi connectivity index (χ2n) is 3.26. The van der Waals surface area contributed by atoms with Gasteiger partial charge < -0.3 is 14.2 Å². The molecule has 1 aromatic carbocycles. The molecular formula is C12H15IO4. The number of carbonyl (C=O) groups is 1. The first-order valence-electron chi connectivity index (χ1n) is 5.19. The zero-order chi connectivity index (χ0) is 12.8. The first-order valence-corrected chi connectivity index (χ1v) is 6.26. The van der Waals surface area contributed by atoms with Crippen LogP contribution in [0.2, 0.25) is 0 Å². The lowest BCUT2D eigenvalue weighted by Crippen LogP contribution is -2.09. The van der Waals surface area contributed by atoms with Crippen LogP contribution in [0.5, 0.6) is 11.5 Å². The third-order valence-electron chi connectivity index (χ3n) is 2.21. The topological polar surface area (TPSA) is 44.8 Å². The number of benzene rings is 1. The van der Waals surface area contributed by atoms with Gasteiger partial charge in [-0.05, 0) is 41.1 Å². The van der Waals surface area contributed by atoms with Crippen LogP contribution in [0.4, 0.5) is 0 Å². The first kappa shape index (κ1) is 14.1. The van der Waals surface area contributed by atoms with Crippen molar-refractivity contribution in [2.75, 3.05) is 20.8 Å². The number of ether oxygens (including phenoxy) is 3. The second-order valence-corrected chi connectivity index (χ2v) is 4.33. The van der Waals surface area contributed by atoms with Gasteiger partial charge in [0, 0.05) is 0 Å². The van der Waals surface area contributed by atoms with Crippen LogP contribution in [0.1, 0.15) is 12.5 Å². The van der Waals surface area contributed by atoms with E-state index in [9.17, 15) is 4.79 Å². The highest BCUT2D eigenvalue weighted by Crippen LogP contribution is 2.34. The molecular weight excluding hydrogens is 335 g/mol. The van der Waals surface area contributed by atoms with Gasteiger partial charge in [-0.1, -0.05) is 6.07 Å². The van der Waals surface area contributed by atoms with E-state index in [1.54, 1.807) is 27.2 Å². The Balaban J connectivity index is 2.98. The van der Waals surface area contributed by atoms with Gasteiger partial charge >= 0.3 is 5.97 Å². The molecule has 0 heterocycles. The van der Waals surface area contributed by atoms with Gasteiger partial charge in [0.2, 0.25) is 0 Å². The van der Waals surface area contributed by atoms with Gasteiger partial charge in [0.15, 0.2) is 11.5 Å². The van der Waals surface area contributed by atoms with Crippen molar-refractivity contribution >= 4 is 28.6 Å². The summed E-state index contributed by atoms with van der Waals surface area (Å²) in [7, 11) is 3.16.